The van der Waals surface area contributed by atoms with Gasteiger partial charge in [-0.05, 0) is 0 Å². The lowest BCUT2D eigenvalue weighted by Gasteiger charge is -2.36. The molecule has 6 nitrogen and oxygen atoms in total. The van der Waals surface area contributed by atoms with Crippen molar-refractivity contribution in [3.8, 4) is 0 Å². The molecular formula is C7H12F3NO5S. The van der Waals surface area contributed by atoms with Crippen molar-refractivity contribution in [2.45, 2.75) is 29.9 Å². The molecule has 0 amide bonds. The average Bonchev–Trinajstić information content (AvgIpc) is 2.23. The molecule has 17 heavy (non-hydrogen) atoms. The van der Waals surface area contributed by atoms with E-state index in [0.29, 0.717) is 0 Å². The van der Waals surface area contributed by atoms with Crippen LogP contribution in [0.15, 0.2) is 0 Å². The first-order valence-corrected chi connectivity index (χ1v) is 5.75. The zero-order chi connectivity index (χ0) is 13.2. The molecule has 10 heteroatoms. The van der Waals surface area contributed by atoms with Gasteiger partial charge in [0, 0.05) is 0 Å². The number of aliphatic hydroxyl groups excluding tert-OH is 3. The molecule has 0 saturated carbocycles. The number of rotatable bonds is 3. The van der Waals surface area contributed by atoms with E-state index in [1.165, 1.54) is 0 Å². The molecule has 1 heterocycles. The van der Waals surface area contributed by atoms with Crippen LogP contribution in [0.25, 0.3) is 0 Å². The molecule has 1 aliphatic heterocycles. The number of nitrogens with one attached hydrogen (secondary N) is 1. The van der Waals surface area contributed by atoms with Crippen LogP contribution in [0.2, 0.25) is 0 Å². The third-order valence-corrected chi connectivity index (χ3v) is 3.22. The molecule has 0 aromatic rings. The molecule has 1 saturated heterocycles. The normalized spacial score (nSPS) is 36.9. The fraction of sp³-hybridized carbons (Fsp3) is 1.00. The van der Waals surface area contributed by atoms with E-state index in [0.717, 1.165) is 0 Å². The maximum atomic E-state index is 12.0. The molecule has 0 aromatic carbocycles. The van der Waals surface area contributed by atoms with Crippen molar-refractivity contribution in [1.82, 2.24) is 4.72 Å². The second kappa shape index (κ2) is 5.69. The molecule has 0 aliphatic carbocycles. The fourth-order valence-electron chi connectivity index (χ4n) is 1.35. The maximum absolute atomic E-state index is 12.0. The van der Waals surface area contributed by atoms with Gasteiger partial charge in [0.1, 0.15) is 24.4 Å². The number of ether oxygens (including phenoxy) is 1. The van der Waals surface area contributed by atoms with Crippen molar-refractivity contribution in [2.24, 2.45) is 0 Å². The molecular weight excluding hydrogens is 267 g/mol. The van der Waals surface area contributed by atoms with Crippen molar-refractivity contribution in [3.05, 3.63) is 0 Å². The minimum Gasteiger partial charge on any atom is -0.591 e. The lowest BCUT2D eigenvalue weighted by molar-refractivity contribution is -0.159. The van der Waals surface area contributed by atoms with Gasteiger partial charge in [0.2, 0.25) is 0 Å². The first kappa shape index (κ1) is 15.0. The Morgan fingerprint density at radius 1 is 1.35 bits per heavy atom. The van der Waals surface area contributed by atoms with Crippen LogP contribution in [0.1, 0.15) is 0 Å². The Hall–Kier alpha value is -0.100. The van der Waals surface area contributed by atoms with Crippen molar-refractivity contribution in [2.75, 3.05) is 13.2 Å². The first-order valence-electron chi connectivity index (χ1n) is 4.60. The van der Waals surface area contributed by atoms with Gasteiger partial charge in [0.05, 0.1) is 13.2 Å². The van der Waals surface area contributed by atoms with Gasteiger partial charge in [-0.2, -0.15) is 0 Å². The van der Waals surface area contributed by atoms with Crippen LogP contribution < -0.4 is 4.72 Å². The SMILES string of the molecule is [O-][S+](N[C@@H]1CO[C@H](CO)[C@H](O)[C@@H]1O)C(F)(F)F. The predicted molar refractivity (Wildman–Crippen MR) is 50.0 cm³/mol. The van der Waals surface area contributed by atoms with Gasteiger partial charge in [0.15, 0.2) is 11.4 Å². The summed E-state index contributed by atoms with van der Waals surface area (Å²) in [4.78, 5) is 0. The van der Waals surface area contributed by atoms with E-state index in [2.05, 4.69) is 0 Å². The molecule has 4 N–H and O–H groups in total. The summed E-state index contributed by atoms with van der Waals surface area (Å²) in [5.41, 5.74) is -4.96. The number of halogens is 3. The summed E-state index contributed by atoms with van der Waals surface area (Å²) in [7, 11) is 0. The third-order valence-electron chi connectivity index (χ3n) is 2.28. The molecule has 1 aliphatic rings. The summed E-state index contributed by atoms with van der Waals surface area (Å²) in [6.45, 7) is -0.974. The first-order chi connectivity index (χ1) is 7.77. The van der Waals surface area contributed by atoms with Crippen molar-refractivity contribution < 1.29 is 37.8 Å². The molecule has 1 rings (SSSR count). The fourth-order valence-corrected chi connectivity index (χ4v) is 1.97. The Kier molecular flexibility index (Phi) is 5.01. The van der Waals surface area contributed by atoms with Gasteiger partial charge >= 0.3 is 5.51 Å². The minimum absolute atomic E-state index is 0.398. The Morgan fingerprint density at radius 3 is 2.41 bits per heavy atom. The highest BCUT2D eigenvalue weighted by Gasteiger charge is 2.49. The summed E-state index contributed by atoms with van der Waals surface area (Å²) in [6, 6.07) is -1.32. The summed E-state index contributed by atoms with van der Waals surface area (Å²) < 4.78 is 53.1. The van der Waals surface area contributed by atoms with Crippen LogP contribution in [0, 0.1) is 0 Å². The predicted octanol–water partition coefficient (Wildman–Crippen LogP) is -1.76. The standard InChI is InChI=1S/C7H12F3NO5S/c8-7(9,10)17(15)11-3-2-16-4(1-12)6(14)5(3)13/h3-6,11-14H,1-2H2/t3-,4-,5-,6+,17?/m1/s1. The average molecular weight is 279 g/mol. The second-order valence-electron chi connectivity index (χ2n) is 3.47. The summed E-state index contributed by atoms with van der Waals surface area (Å²) in [6.07, 6.45) is -4.22. The van der Waals surface area contributed by atoms with Crippen LogP contribution in [-0.2, 0) is 16.1 Å². The van der Waals surface area contributed by atoms with E-state index < -0.39 is 54.4 Å². The summed E-state index contributed by atoms with van der Waals surface area (Å²) in [5, 5.41) is 27.5. The van der Waals surface area contributed by atoms with Crippen LogP contribution in [-0.4, -0.2) is 62.9 Å². The number of hydrogen-bond acceptors (Lipinski definition) is 6. The third kappa shape index (κ3) is 3.68. The zero-order valence-corrected chi connectivity index (χ0v) is 9.24. The molecule has 0 bridgehead atoms. The maximum Gasteiger partial charge on any atom is 0.592 e. The number of aliphatic hydroxyl groups is 3. The molecule has 102 valence electrons. The van der Waals surface area contributed by atoms with Gasteiger partial charge in [0.25, 0.3) is 0 Å². The number of hydrogen-bond donors (Lipinski definition) is 4. The molecule has 1 unspecified atom stereocenters. The van der Waals surface area contributed by atoms with Crippen molar-refractivity contribution in [3.63, 3.8) is 0 Å². The van der Waals surface area contributed by atoms with Crippen LogP contribution in [0.3, 0.4) is 0 Å². The van der Waals surface area contributed by atoms with E-state index in [4.69, 9.17) is 9.84 Å². The highest BCUT2D eigenvalue weighted by molar-refractivity contribution is 7.90. The van der Waals surface area contributed by atoms with Crippen LogP contribution in [0.5, 0.6) is 0 Å². The molecule has 0 radical (unpaired) electrons. The quantitative estimate of drug-likeness (QED) is 0.456. The van der Waals surface area contributed by atoms with E-state index in [1.807, 2.05) is 0 Å². The highest BCUT2D eigenvalue weighted by atomic mass is 32.2. The minimum atomic E-state index is -4.96. The topological polar surface area (TPSA) is 105 Å². The van der Waals surface area contributed by atoms with E-state index >= 15 is 0 Å². The highest BCUT2D eigenvalue weighted by Crippen LogP contribution is 2.24. The lowest BCUT2D eigenvalue weighted by Crippen LogP contribution is -2.61. The smallest absolute Gasteiger partial charge is 0.591 e. The van der Waals surface area contributed by atoms with Gasteiger partial charge in [-0.15, -0.1) is 17.9 Å². The van der Waals surface area contributed by atoms with Crippen LogP contribution in [0.4, 0.5) is 13.2 Å². The second-order valence-corrected chi connectivity index (χ2v) is 4.71. The van der Waals surface area contributed by atoms with E-state index in [-0.39, 0.29) is 0 Å². The lowest BCUT2D eigenvalue weighted by atomic mass is 9.99. The largest absolute Gasteiger partial charge is 0.592 e. The number of alkyl halides is 3. The van der Waals surface area contributed by atoms with Crippen molar-refractivity contribution in [1.29, 1.82) is 0 Å². The monoisotopic (exact) mass is 279 g/mol. The van der Waals surface area contributed by atoms with Crippen LogP contribution >= 0.6 is 0 Å². The molecule has 0 spiro atoms. The molecule has 0 aromatic heterocycles. The van der Waals surface area contributed by atoms with E-state index in [9.17, 15) is 27.9 Å². The Bertz CT molecular complexity index is 256. The van der Waals surface area contributed by atoms with Gasteiger partial charge in [-0.25, -0.2) is 0 Å². The van der Waals surface area contributed by atoms with Gasteiger partial charge in [-0.1, -0.05) is 0 Å². The zero-order valence-electron chi connectivity index (χ0n) is 8.42. The van der Waals surface area contributed by atoms with Gasteiger partial charge < -0.3 is 24.6 Å². The van der Waals surface area contributed by atoms with E-state index in [1.54, 1.807) is 4.72 Å². The van der Waals surface area contributed by atoms with Crippen molar-refractivity contribution >= 4 is 11.4 Å². The Balaban J connectivity index is 2.57. The Labute approximate surface area is 97.7 Å². The summed E-state index contributed by atoms with van der Waals surface area (Å²) in [5.74, 6) is 0. The molecule has 1 fully saturated rings. The summed E-state index contributed by atoms with van der Waals surface area (Å²) >= 11 is -3.35. The van der Waals surface area contributed by atoms with Gasteiger partial charge in [-0.3, -0.25) is 0 Å². The Morgan fingerprint density at radius 2 is 1.94 bits per heavy atom. The molecule has 5 atom stereocenters.